The van der Waals surface area contributed by atoms with Crippen LogP contribution >= 0.6 is 0 Å². The summed E-state index contributed by atoms with van der Waals surface area (Å²) in [6, 6.07) is 13.8. The lowest BCUT2D eigenvalue weighted by Crippen LogP contribution is -2.45. The summed E-state index contributed by atoms with van der Waals surface area (Å²) in [7, 11) is 0. The summed E-state index contributed by atoms with van der Waals surface area (Å²) in [5.41, 5.74) is 6.43. The number of hydrogen-bond acceptors (Lipinski definition) is 5. The maximum absolute atomic E-state index is 11.3. The van der Waals surface area contributed by atoms with Crippen molar-refractivity contribution in [3.63, 3.8) is 0 Å². The lowest BCUT2D eigenvalue weighted by atomic mass is 9.67. The van der Waals surface area contributed by atoms with Crippen LogP contribution in [0.3, 0.4) is 0 Å². The molecule has 0 saturated heterocycles. The van der Waals surface area contributed by atoms with Gasteiger partial charge in [-0.05, 0) is 102 Å². The van der Waals surface area contributed by atoms with Crippen LogP contribution in [0.25, 0.3) is 12.2 Å². The second kappa shape index (κ2) is 11.6. The minimum absolute atomic E-state index is 0.0142. The van der Waals surface area contributed by atoms with Gasteiger partial charge in [0.25, 0.3) is 0 Å². The molecule has 1 atom stereocenters. The number of nitrogens with zero attached hydrogens (tertiary/aromatic N) is 3. The summed E-state index contributed by atoms with van der Waals surface area (Å²) in [6.45, 7) is 12.9. The maximum atomic E-state index is 11.3. The van der Waals surface area contributed by atoms with E-state index in [9.17, 15) is 14.7 Å². The average molecular weight is 542 g/mol. The van der Waals surface area contributed by atoms with Crippen molar-refractivity contribution in [2.75, 3.05) is 36.0 Å². The quantitative estimate of drug-likeness (QED) is 0.271. The van der Waals surface area contributed by atoms with Crippen molar-refractivity contribution in [3.05, 3.63) is 70.3 Å². The molecular weight excluding hydrogens is 502 g/mol. The molecule has 0 saturated carbocycles. The topological polar surface area (TPSA) is 105 Å². The van der Waals surface area contributed by atoms with E-state index in [2.05, 4.69) is 49.6 Å². The number of carboxylic acids is 2. The lowest BCUT2D eigenvalue weighted by molar-refractivity contribution is -0.132. The molecule has 0 amide bonds. The fourth-order valence-electron chi connectivity index (χ4n) is 6.12. The molecule has 7 nitrogen and oxygen atoms in total. The zero-order valence-electron chi connectivity index (χ0n) is 23.9. The second-order valence-corrected chi connectivity index (χ2v) is 11.8. The number of carboxylic acid groups (broad SMARTS) is 2. The third kappa shape index (κ3) is 6.07. The van der Waals surface area contributed by atoms with Crippen LogP contribution in [0.4, 0.5) is 11.4 Å². The highest BCUT2D eigenvalue weighted by molar-refractivity contribution is 5.96. The Kier molecular flexibility index (Phi) is 8.39. The lowest BCUT2D eigenvalue weighted by Gasteiger charge is -2.49. The molecule has 2 heterocycles. The van der Waals surface area contributed by atoms with Gasteiger partial charge < -0.3 is 20.0 Å². The summed E-state index contributed by atoms with van der Waals surface area (Å²) in [5.74, 6) is -2.17. The van der Waals surface area contributed by atoms with Gasteiger partial charge in [-0.3, -0.25) is 0 Å². The first-order valence-electron chi connectivity index (χ1n) is 14.0. The van der Waals surface area contributed by atoms with Crippen molar-refractivity contribution in [1.29, 1.82) is 5.26 Å². The Balaban J connectivity index is 1.55. The minimum Gasteiger partial charge on any atom is -0.478 e. The Morgan fingerprint density at radius 3 is 2.35 bits per heavy atom. The van der Waals surface area contributed by atoms with Gasteiger partial charge in [0, 0.05) is 43.6 Å². The fourth-order valence-corrected chi connectivity index (χ4v) is 6.12. The Hall–Kier alpha value is -4.05. The highest BCUT2D eigenvalue weighted by Crippen LogP contribution is 2.51. The van der Waals surface area contributed by atoms with Crippen molar-refractivity contribution in [1.82, 2.24) is 0 Å². The molecule has 2 aromatic rings. The van der Waals surface area contributed by atoms with E-state index in [0.29, 0.717) is 5.56 Å². The highest BCUT2D eigenvalue weighted by atomic mass is 16.4. The van der Waals surface area contributed by atoms with E-state index in [1.54, 1.807) is 12.1 Å². The van der Waals surface area contributed by atoms with Gasteiger partial charge >= 0.3 is 11.9 Å². The predicted octanol–water partition coefficient (Wildman–Crippen LogP) is 6.23. The Morgan fingerprint density at radius 1 is 1.05 bits per heavy atom. The first-order chi connectivity index (χ1) is 19.0. The molecule has 4 rings (SSSR count). The van der Waals surface area contributed by atoms with Gasteiger partial charge in [0.15, 0.2) is 0 Å². The number of carbonyl (C=O) groups is 2. The van der Waals surface area contributed by atoms with Gasteiger partial charge in [-0.15, -0.1) is 0 Å². The number of hydrogen-bond donors (Lipinski definition) is 2. The van der Waals surface area contributed by atoms with Gasteiger partial charge in [-0.2, -0.15) is 5.26 Å². The number of benzene rings is 2. The summed E-state index contributed by atoms with van der Waals surface area (Å²) >= 11 is 0. The largest absolute Gasteiger partial charge is 0.478 e. The highest BCUT2D eigenvalue weighted by Gasteiger charge is 2.41. The number of rotatable bonds is 10. The molecule has 0 bridgehead atoms. The van der Waals surface area contributed by atoms with Gasteiger partial charge in [0.05, 0.1) is 0 Å². The van der Waals surface area contributed by atoms with E-state index in [1.807, 2.05) is 24.3 Å². The average Bonchev–Trinajstić information content (AvgIpc) is 2.92. The molecule has 0 aliphatic carbocycles. The van der Waals surface area contributed by atoms with Crippen LogP contribution < -0.4 is 9.80 Å². The molecule has 1 unspecified atom stereocenters. The standard InChI is InChI=1S/C33H39N3O4/c1-5-35(26-10-7-23(8-11-26)19-25(22-34)31(39)40)16-6-13-33(4)15-18-36-17-14-32(2,3)27-20-24(9-12-29(37)38)21-28(33)30(27)36/h7-12,19-21H,5-6,13-18H2,1-4H3,(H,37,38)(H,39,40)/b12-9+,25-19-. The van der Waals surface area contributed by atoms with Gasteiger partial charge in [-0.1, -0.05) is 32.9 Å². The van der Waals surface area contributed by atoms with Crippen LogP contribution in [0, 0.1) is 11.3 Å². The van der Waals surface area contributed by atoms with Crippen molar-refractivity contribution in [2.45, 2.75) is 64.2 Å². The molecule has 7 heteroatoms. The minimum atomic E-state index is -1.23. The molecule has 210 valence electrons. The zero-order valence-corrected chi connectivity index (χ0v) is 23.9. The fraction of sp³-hybridized carbons (Fsp3) is 0.424. The molecule has 2 aliphatic heterocycles. The van der Waals surface area contributed by atoms with Crippen molar-refractivity contribution in [3.8, 4) is 6.07 Å². The number of anilines is 2. The van der Waals surface area contributed by atoms with Crippen molar-refractivity contribution < 1.29 is 19.8 Å². The van der Waals surface area contributed by atoms with Crippen LogP contribution in [0.1, 0.15) is 75.6 Å². The van der Waals surface area contributed by atoms with Crippen LogP contribution in [0.15, 0.2) is 48.0 Å². The van der Waals surface area contributed by atoms with Crippen molar-refractivity contribution >= 4 is 35.5 Å². The Morgan fingerprint density at radius 2 is 1.73 bits per heavy atom. The second-order valence-electron chi connectivity index (χ2n) is 11.8. The predicted molar refractivity (Wildman–Crippen MR) is 160 cm³/mol. The molecule has 0 spiro atoms. The first-order valence-corrected chi connectivity index (χ1v) is 14.0. The number of nitriles is 1. The SMILES string of the molecule is CCN(CCCC1(C)CCN2CCC(C)(C)c3cc(/C=C/C(=O)O)cc1c32)c1ccc(/C=C(/C#N)C(=O)O)cc1. The monoisotopic (exact) mass is 541 g/mol. The third-order valence-electron chi connectivity index (χ3n) is 8.64. The normalized spacial score (nSPS) is 19.7. The van der Waals surface area contributed by atoms with E-state index < -0.39 is 11.9 Å². The van der Waals surface area contributed by atoms with E-state index in [-0.39, 0.29) is 16.4 Å². The molecule has 0 radical (unpaired) electrons. The summed E-state index contributed by atoms with van der Waals surface area (Å²) in [6.07, 6.45) is 8.48. The first kappa shape index (κ1) is 28.9. The van der Waals surface area contributed by atoms with Gasteiger partial charge in [0.1, 0.15) is 11.6 Å². The summed E-state index contributed by atoms with van der Waals surface area (Å²) < 4.78 is 0. The zero-order chi connectivity index (χ0) is 29.1. The molecular formula is C33H39N3O4. The van der Waals surface area contributed by atoms with Crippen LogP contribution in [-0.2, 0) is 20.4 Å². The smallest absolute Gasteiger partial charge is 0.346 e. The molecule has 0 aromatic heterocycles. The van der Waals surface area contributed by atoms with Gasteiger partial charge in [0.2, 0.25) is 0 Å². The van der Waals surface area contributed by atoms with Gasteiger partial charge in [-0.25, -0.2) is 9.59 Å². The van der Waals surface area contributed by atoms with Crippen LogP contribution in [0.2, 0.25) is 0 Å². The summed E-state index contributed by atoms with van der Waals surface area (Å²) in [5, 5.41) is 27.4. The van der Waals surface area contributed by atoms with E-state index >= 15 is 0 Å². The van der Waals surface area contributed by atoms with Crippen LogP contribution in [-0.4, -0.2) is 48.3 Å². The molecule has 0 fully saturated rings. The molecule has 2 N–H and O–H groups in total. The van der Waals surface area contributed by atoms with E-state index in [0.717, 1.165) is 63.1 Å². The number of aliphatic carboxylic acids is 2. The molecule has 2 aromatic carbocycles. The van der Waals surface area contributed by atoms with E-state index in [1.165, 1.54) is 29.0 Å². The molecule has 40 heavy (non-hydrogen) atoms. The third-order valence-corrected chi connectivity index (χ3v) is 8.64. The summed E-state index contributed by atoms with van der Waals surface area (Å²) in [4.78, 5) is 27.2. The maximum Gasteiger partial charge on any atom is 0.346 e. The Bertz CT molecular complexity index is 1380. The van der Waals surface area contributed by atoms with Crippen LogP contribution in [0.5, 0.6) is 0 Å². The van der Waals surface area contributed by atoms with Crippen molar-refractivity contribution in [2.24, 2.45) is 0 Å². The molecule has 2 aliphatic rings. The Labute approximate surface area is 237 Å². The van der Waals surface area contributed by atoms with E-state index in [4.69, 9.17) is 10.4 Å².